The second kappa shape index (κ2) is 7.47. The maximum atomic E-state index is 13.1. The molecule has 1 aromatic carbocycles. The lowest BCUT2D eigenvalue weighted by atomic mass is 9.74. The van der Waals surface area contributed by atoms with Crippen LogP contribution in [0, 0.1) is 0 Å². The van der Waals surface area contributed by atoms with Crippen molar-refractivity contribution >= 4 is 27.4 Å². The largest absolute Gasteiger partial charge is 0.381 e. The molecular weight excluding hydrogens is 420 g/mol. The van der Waals surface area contributed by atoms with E-state index < -0.39 is 12.2 Å². The standard InChI is InChI=1S/C18H18BrF2N5O/c19-13-3-1-2-12(10-13)18(6-8-27-9-7-18)11-22-14-4-5-15-23-24-17(16(20)21)26(15)25-14/h1-5,10,16H,6-9,11H2,(H,22,25). The molecule has 0 unspecified atom stereocenters. The molecular formula is C18H18BrF2N5O. The summed E-state index contributed by atoms with van der Waals surface area (Å²) in [5.74, 6) is 0.0477. The molecule has 3 aromatic rings. The Hall–Kier alpha value is -2.13. The van der Waals surface area contributed by atoms with E-state index in [1.54, 1.807) is 12.1 Å². The number of ether oxygens (including phenoxy) is 1. The van der Waals surface area contributed by atoms with Gasteiger partial charge in [0.05, 0.1) is 0 Å². The third kappa shape index (κ3) is 3.66. The number of rotatable bonds is 5. The summed E-state index contributed by atoms with van der Waals surface area (Å²) in [6.45, 7) is 1.99. The summed E-state index contributed by atoms with van der Waals surface area (Å²) in [5, 5.41) is 14.8. The predicted molar refractivity (Wildman–Crippen MR) is 100 cm³/mol. The van der Waals surface area contributed by atoms with Crippen molar-refractivity contribution in [1.82, 2.24) is 19.8 Å². The lowest BCUT2D eigenvalue weighted by Crippen LogP contribution is -2.40. The van der Waals surface area contributed by atoms with Crippen LogP contribution in [0.4, 0.5) is 14.6 Å². The van der Waals surface area contributed by atoms with Gasteiger partial charge in [-0.25, -0.2) is 8.78 Å². The lowest BCUT2D eigenvalue weighted by molar-refractivity contribution is 0.0543. The summed E-state index contributed by atoms with van der Waals surface area (Å²) in [4.78, 5) is 0. The van der Waals surface area contributed by atoms with Crippen LogP contribution in [0.15, 0.2) is 40.9 Å². The summed E-state index contributed by atoms with van der Waals surface area (Å²) < 4.78 is 33.8. The van der Waals surface area contributed by atoms with Gasteiger partial charge in [0.15, 0.2) is 5.65 Å². The Morgan fingerprint density at radius 2 is 2.00 bits per heavy atom. The minimum atomic E-state index is -2.73. The van der Waals surface area contributed by atoms with Gasteiger partial charge in [-0.2, -0.15) is 4.52 Å². The molecule has 0 atom stereocenters. The van der Waals surface area contributed by atoms with Crippen LogP contribution in [0.25, 0.3) is 5.65 Å². The Morgan fingerprint density at radius 3 is 2.74 bits per heavy atom. The van der Waals surface area contributed by atoms with Crippen LogP contribution in [0.3, 0.4) is 0 Å². The zero-order chi connectivity index (χ0) is 18.9. The van der Waals surface area contributed by atoms with Gasteiger partial charge < -0.3 is 10.1 Å². The molecule has 2 aromatic heterocycles. The first-order chi connectivity index (χ1) is 13.1. The monoisotopic (exact) mass is 437 g/mol. The zero-order valence-electron chi connectivity index (χ0n) is 14.4. The van der Waals surface area contributed by atoms with Crippen molar-refractivity contribution in [3.05, 3.63) is 52.3 Å². The first-order valence-corrected chi connectivity index (χ1v) is 9.45. The average molecular weight is 438 g/mol. The molecule has 6 nitrogen and oxygen atoms in total. The number of nitrogens with one attached hydrogen (secondary N) is 1. The molecule has 0 bridgehead atoms. The van der Waals surface area contributed by atoms with Gasteiger partial charge >= 0.3 is 0 Å². The van der Waals surface area contributed by atoms with Gasteiger partial charge in [0, 0.05) is 29.6 Å². The van der Waals surface area contributed by atoms with E-state index in [0.717, 1.165) is 21.8 Å². The van der Waals surface area contributed by atoms with E-state index in [0.29, 0.717) is 31.2 Å². The summed E-state index contributed by atoms with van der Waals surface area (Å²) in [5.41, 5.74) is 1.40. The smallest absolute Gasteiger partial charge is 0.299 e. The van der Waals surface area contributed by atoms with Crippen LogP contribution < -0.4 is 5.32 Å². The third-order valence-corrected chi connectivity index (χ3v) is 5.47. The molecule has 0 saturated carbocycles. The molecule has 4 rings (SSSR count). The molecule has 1 N–H and O–H groups in total. The number of hydrogen-bond acceptors (Lipinski definition) is 5. The number of nitrogens with zero attached hydrogens (tertiary/aromatic N) is 4. The number of benzene rings is 1. The first-order valence-electron chi connectivity index (χ1n) is 8.66. The first kappa shape index (κ1) is 18.2. The van der Waals surface area contributed by atoms with Crippen LogP contribution in [-0.4, -0.2) is 39.6 Å². The van der Waals surface area contributed by atoms with Crippen LogP contribution in [0.2, 0.25) is 0 Å². The number of alkyl halides is 2. The van der Waals surface area contributed by atoms with Gasteiger partial charge in [0.1, 0.15) is 5.82 Å². The lowest BCUT2D eigenvalue weighted by Gasteiger charge is -2.38. The molecule has 1 fully saturated rings. The van der Waals surface area contributed by atoms with E-state index >= 15 is 0 Å². The van der Waals surface area contributed by atoms with Gasteiger partial charge in [-0.15, -0.1) is 15.3 Å². The maximum Gasteiger partial charge on any atom is 0.299 e. The zero-order valence-corrected chi connectivity index (χ0v) is 16.0. The summed E-state index contributed by atoms with van der Waals surface area (Å²) >= 11 is 3.54. The van der Waals surface area contributed by atoms with E-state index in [2.05, 4.69) is 48.7 Å². The molecule has 1 aliphatic rings. The minimum Gasteiger partial charge on any atom is -0.381 e. The highest BCUT2D eigenvalue weighted by Crippen LogP contribution is 2.36. The van der Waals surface area contributed by atoms with Crippen LogP contribution in [0.1, 0.15) is 30.7 Å². The molecule has 1 aliphatic heterocycles. The Kier molecular flexibility index (Phi) is 5.05. The quantitative estimate of drug-likeness (QED) is 0.653. The number of hydrogen-bond donors (Lipinski definition) is 1. The number of anilines is 1. The second-order valence-corrected chi connectivity index (χ2v) is 7.52. The van der Waals surface area contributed by atoms with Crippen molar-refractivity contribution < 1.29 is 13.5 Å². The van der Waals surface area contributed by atoms with Gasteiger partial charge in [-0.1, -0.05) is 28.1 Å². The van der Waals surface area contributed by atoms with Crippen molar-refractivity contribution in [2.24, 2.45) is 0 Å². The number of halogens is 3. The topological polar surface area (TPSA) is 64.3 Å². The van der Waals surface area contributed by atoms with Crippen molar-refractivity contribution in [3.8, 4) is 0 Å². The summed E-state index contributed by atoms with van der Waals surface area (Å²) in [6.07, 6.45) is -0.993. The van der Waals surface area contributed by atoms with E-state index in [1.165, 1.54) is 5.56 Å². The fourth-order valence-corrected chi connectivity index (χ4v) is 3.84. The third-order valence-electron chi connectivity index (χ3n) is 4.98. The predicted octanol–water partition coefficient (Wildman–Crippen LogP) is 3.98. The number of fused-ring (bicyclic) bond motifs is 1. The molecule has 9 heteroatoms. The normalized spacial score (nSPS) is 16.7. The van der Waals surface area contributed by atoms with Gasteiger partial charge in [-0.05, 0) is 42.7 Å². The van der Waals surface area contributed by atoms with E-state index in [-0.39, 0.29) is 5.41 Å². The van der Waals surface area contributed by atoms with Crippen molar-refractivity contribution in [2.45, 2.75) is 24.7 Å². The van der Waals surface area contributed by atoms with E-state index in [9.17, 15) is 8.78 Å². The minimum absolute atomic E-state index is 0.114. The molecule has 1 saturated heterocycles. The Morgan fingerprint density at radius 1 is 1.19 bits per heavy atom. The van der Waals surface area contributed by atoms with Crippen molar-refractivity contribution in [1.29, 1.82) is 0 Å². The Labute approximate surface area is 163 Å². The van der Waals surface area contributed by atoms with Crippen molar-refractivity contribution in [3.63, 3.8) is 0 Å². The van der Waals surface area contributed by atoms with Gasteiger partial charge in [-0.3, -0.25) is 0 Å². The summed E-state index contributed by atoms with van der Waals surface area (Å²) in [7, 11) is 0. The highest BCUT2D eigenvalue weighted by Gasteiger charge is 2.34. The van der Waals surface area contributed by atoms with E-state index in [4.69, 9.17) is 4.74 Å². The second-order valence-electron chi connectivity index (χ2n) is 6.60. The fourth-order valence-electron chi connectivity index (χ4n) is 3.44. The van der Waals surface area contributed by atoms with Crippen molar-refractivity contribution in [2.75, 3.05) is 25.1 Å². The van der Waals surface area contributed by atoms with Crippen LogP contribution >= 0.6 is 15.9 Å². The Bertz CT molecular complexity index is 942. The highest BCUT2D eigenvalue weighted by molar-refractivity contribution is 9.10. The van der Waals surface area contributed by atoms with E-state index in [1.807, 2.05) is 12.1 Å². The molecule has 3 heterocycles. The summed E-state index contributed by atoms with van der Waals surface area (Å²) in [6, 6.07) is 11.6. The van der Waals surface area contributed by atoms with Gasteiger partial charge in [0.2, 0.25) is 5.82 Å². The molecule has 27 heavy (non-hydrogen) atoms. The fraction of sp³-hybridized carbons (Fsp3) is 0.389. The highest BCUT2D eigenvalue weighted by atomic mass is 79.9. The molecule has 0 amide bonds. The number of aromatic nitrogens is 4. The van der Waals surface area contributed by atoms with Crippen LogP contribution in [-0.2, 0) is 10.2 Å². The molecule has 0 spiro atoms. The van der Waals surface area contributed by atoms with Crippen LogP contribution in [0.5, 0.6) is 0 Å². The maximum absolute atomic E-state index is 13.1. The molecule has 0 radical (unpaired) electrons. The van der Waals surface area contributed by atoms with Gasteiger partial charge in [0.25, 0.3) is 6.43 Å². The Balaban J connectivity index is 1.61. The average Bonchev–Trinajstić information content (AvgIpc) is 3.11. The SMILES string of the molecule is FC(F)c1nnc2ccc(NCC3(c4cccc(Br)c4)CCOCC3)nn12. The molecule has 0 aliphatic carbocycles. The molecule has 142 valence electrons.